The normalized spacial score (nSPS) is 17.4. The molecular formula is C21H28FN3O2. The van der Waals surface area contributed by atoms with Crippen molar-refractivity contribution in [3.05, 3.63) is 47.5 Å². The predicted octanol–water partition coefficient (Wildman–Crippen LogP) is 3.69. The minimum absolute atomic E-state index is 0.0338. The summed E-state index contributed by atoms with van der Waals surface area (Å²) in [5.74, 6) is 1.20. The molecule has 1 fully saturated rings. The summed E-state index contributed by atoms with van der Waals surface area (Å²) in [7, 11) is 1.83. The van der Waals surface area contributed by atoms with Gasteiger partial charge in [-0.2, -0.15) is 5.10 Å². The molecule has 1 saturated heterocycles. The number of piperidine rings is 1. The molecule has 0 saturated carbocycles. The highest BCUT2D eigenvalue weighted by atomic mass is 19.1. The van der Waals surface area contributed by atoms with Gasteiger partial charge in [0, 0.05) is 26.1 Å². The lowest BCUT2D eigenvalue weighted by Gasteiger charge is -2.32. The van der Waals surface area contributed by atoms with Gasteiger partial charge in [-0.1, -0.05) is 13.8 Å². The van der Waals surface area contributed by atoms with E-state index in [0.717, 1.165) is 31.5 Å². The Hall–Kier alpha value is -2.37. The van der Waals surface area contributed by atoms with Gasteiger partial charge in [0.1, 0.15) is 17.3 Å². The standard InChI is InChI=1S/C21H28FN3O2/c1-15(2)11-18-12-20(24(3)23-18)21(26)25-10-4-5-16(13-25)14-27-19-8-6-17(22)7-9-19/h6-9,12,15-16H,4-5,10-11,13-14H2,1-3H3/t16-/m1/s1. The van der Waals surface area contributed by atoms with Crippen LogP contribution in [0.25, 0.3) is 0 Å². The van der Waals surface area contributed by atoms with Crippen LogP contribution in [-0.2, 0) is 13.5 Å². The highest BCUT2D eigenvalue weighted by Gasteiger charge is 2.27. The molecule has 27 heavy (non-hydrogen) atoms. The summed E-state index contributed by atoms with van der Waals surface area (Å²) in [6.45, 7) is 6.25. The van der Waals surface area contributed by atoms with Gasteiger partial charge < -0.3 is 9.64 Å². The van der Waals surface area contributed by atoms with E-state index in [1.165, 1.54) is 12.1 Å². The van der Waals surface area contributed by atoms with Gasteiger partial charge in [-0.3, -0.25) is 9.48 Å². The molecule has 0 unspecified atom stereocenters. The number of hydrogen-bond donors (Lipinski definition) is 0. The van der Waals surface area contributed by atoms with E-state index in [1.807, 2.05) is 18.0 Å². The van der Waals surface area contributed by atoms with E-state index in [-0.39, 0.29) is 17.6 Å². The molecule has 1 aliphatic rings. The Bertz CT molecular complexity index is 770. The molecule has 6 heteroatoms. The summed E-state index contributed by atoms with van der Waals surface area (Å²) in [6, 6.07) is 7.97. The van der Waals surface area contributed by atoms with Crippen LogP contribution in [0, 0.1) is 17.7 Å². The summed E-state index contributed by atoms with van der Waals surface area (Å²) in [5.41, 5.74) is 1.61. The number of amides is 1. The van der Waals surface area contributed by atoms with Crippen molar-refractivity contribution in [2.75, 3.05) is 19.7 Å². The number of halogens is 1. The maximum atomic E-state index is 13.0. The Labute approximate surface area is 160 Å². The van der Waals surface area contributed by atoms with Crippen LogP contribution in [0.5, 0.6) is 5.75 Å². The largest absolute Gasteiger partial charge is 0.493 e. The van der Waals surface area contributed by atoms with Gasteiger partial charge in [0.2, 0.25) is 0 Å². The van der Waals surface area contributed by atoms with E-state index in [4.69, 9.17) is 4.74 Å². The number of aryl methyl sites for hydroxylation is 1. The molecule has 0 spiro atoms. The maximum Gasteiger partial charge on any atom is 0.272 e. The third kappa shape index (κ3) is 5.08. The quantitative estimate of drug-likeness (QED) is 0.776. The second-order valence-electron chi connectivity index (χ2n) is 7.77. The molecule has 0 radical (unpaired) electrons. The molecule has 0 N–H and O–H groups in total. The number of likely N-dealkylation sites (tertiary alicyclic amines) is 1. The molecule has 1 aromatic carbocycles. The Morgan fingerprint density at radius 3 is 2.78 bits per heavy atom. The number of ether oxygens (including phenoxy) is 1. The summed E-state index contributed by atoms with van der Waals surface area (Å²) >= 11 is 0. The van der Waals surface area contributed by atoms with Crippen LogP contribution >= 0.6 is 0 Å². The molecule has 146 valence electrons. The molecule has 1 aliphatic heterocycles. The van der Waals surface area contributed by atoms with Crippen molar-refractivity contribution in [1.82, 2.24) is 14.7 Å². The summed E-state index contributed by atoms with van der Waals surface area (Å²) in [5, 5.41) is 4.48. The lowest BCUT2D eigenvalue weighted by Crippen LogP contribution is -2.42. The number of rotatable bonds is 6. The van der Waals surface area contributed by atoms with E-state index in [1.54, 1.807) is 16.8 Å². The van der Waals surface area contributed by atoms with E-state index in [9.17, 15) is 9.18 Å². The minimum atomic E-state index is -0.273. The minimum Gasteiger partial charge on any atom is -0.493 e. The first-order valence-corrected chi connectivity index (χ1v) is 9.63. The number of hydrogen-bond acceptors (Lipinski definition) is 3. The van der Waals surface area contributed by atoms with Crippen molar-refractivity contribution in [3.8, 4) is 5.75 Å². The van der Waals surface area contributed by atoms with Crippen LogP contribution in [-0.4, -0.2) is 40.3 Å². The fourth-order valence-corrected chi connectivity index (χ4v) is 3.54. The second kappa shape index (κ2) is 8.55. The molecule has 1 aromatic heterocycles. The molecule has 1 atom stereocenters. The van der Waals surface area contributed by atoms with Gasteiger partial charge in [0.25, 0.3) is 5.91 Å². The smallest absolute Gasteiger partial charge is 0.272 e. The van der Waals surface area contributed by atoms with Gasteiger partial charge in [-0.15, -0.1) is 0 Å². The monoisotopic (exact) mass is 373 g/mol. The highest BCUT2D eigenvalue weighted by molar-refractivity contribution is 5.92. The van der Waals surface area contributed by atoms with Crippen LogP contribution in [0.2, 0.25) is 0 Å². The Morgan fingerprint density at radius 2 is 2.07 bits per heavy atom. The molecule has 2 heterocycles. The van der Waals surface area contributed by atoms with Gasteiger partial charge in [-0.05, 0) is 55.5 Å². The zero-order valence-corrected chi connectivity index (χ0v) is 16.3. The van der Waals surface area contributed by atoms with E-state index < -0.39 is 0 Å². The van der Waals surface area contributed by atoms with Gasteiger partial charge in [0.15, 0.2) is 0 Å². The van der Waals surface area contributed by atoms with E-state index in [2.05, 4.69) is 18.9 Å². The number of benzene rings is 1. The van der Waals surface area contributed by atoms with Crippen molar-refractivity contribution in [3.63, 3.8) is 0 Å². The lowest BCUT2D eigenvalue weighted by molar-refractivity contribution is 0.0622. The first-order chi connectivity index (χ1) is 12.9. The Morgan fingerprint density at radius 1 is 1.33 bits per heavy atom. The van der Waals surface area contributed by atoms with E-state index >= 15 is 0 Å². The highest BCUT2D eigenvalue weighted by Crippen LogP contribution is 2.21. The molecule has 5 nitrogen and oxygen atoms in total. The lowest BCUT2D eigenvalue weighted by atomic mass is 9.98. The number of nitrogens with zero attached hydrogens (tertiary/aromatic N) is 3. The van der Waals surface area contributed by atoms with Crippen LogP contribution in [0.3, 0.4) is 0 Å². The van der Waals surface area contributed by atoms with Crippen LogP contribution in [0.4, 0.5) is 4.39 Å². The molecule has 0 bridgehead atoms. The Kier molecular flexibility index (Phi) is 6.14. The summed E-state index contributed by atoms with van der Waals surface area (Å²) in [4.78, 5) is 14.9. The summed E-state index contributed by atoms with van der Waals surface area (Å²) in [6.07, 6.45) is 2.85. The van der Waals surface area contributed by atoms with Gasteiger partial charge in [-0.25, -0.2) is 4.39 Å². The zero-order valence-electron chi connectivity index (χ0n) is 16.3. The maximum absolute atomic E-state index is 13.0. The zero-order chi connectivity index (χ0) is 19.4. The summed E-state index contributed by atoms with van der Waals surface area (Å²) < 4.78 is 20.5. The molecule has 0 aliphatic carbocycles. The van der Waals surface area contributed by atoms with Crippen LogP contribution < -0.4 is 4.74 Å². The third-order valence-corrected chi connectivity index (χ3v) is 4.87. The first-order valence-electron chi connectivity index (χ1n) is 9.63. The number of carbonyl (C=O) groups excluding carboxylic acids is 1. The molecular weight excluding hydrogens is 345 g/mol. The number of carbonyl (C=O) groups is 1. The van der Waals surface area contributed by atoms with Crippen molar-refractivity contribution >= 4 is 5.91 Å². The second-order valence-corrected chi connectivity index (χ2v) is 7.77. The Balaban J connectivity index is 1.59. The topological polar surface area (TPSA) is 47.4 Å². The van der Waals surface area contributed by atoms with Crippen LogP contribution in [0.15, 0.2) is 30.3 Å². The van der Waals surface area contributed by atoms with E-state index in [0.29, 0.717) is 30.5 Å². The van der Waals surface area contributed by atoms with Crippen LogP contribution in [0.1, 0.15) is 42.9 Å². The van der Waals surface area contributed by atoms with Crippen molar-refractivity contribution in [1.29, 1.82) is 0 Å². The SMILES string of the molecule is CC(C)Cc1cc(C(=O)N2CCC[C@@H](COc3ccc(F)cc3)C2)n(C)n1. The predicted molar refractivity (Wildman–Crippen MR) is 102 cm³/mol. The molecule has 1 amide bonds. The van der Waals surface area contributed by atoms with Crippen molar-refractivity contribution < 1.29 is 13.9 Å². The average Bonchev–Trinajstić information content (AvgIpc) is 3.00. The molecule has 3 rings (SSSR count). The average molecular weight is 373 g/mol. The van der Waals surface area contributed by atoms with Crippen molar-refractivity contribution in [2.45, 2.75) is 33.1 Å². The van der Waals surface area contributed by atoms with Gasteiger partial charge >= 0.3 is 0 Å². The van der Waals surface area contributed by atoms with Gasteiger partial charge in [0.05, 0.1) is 12.3 Å². The number of aromatic nitrogens is 2. The fourth-order valence-electron chi connectivity index (χ4n) is 3.54. The van der Waals surface area contributed by atoms with Crippen molar-refractivity contribution in [2.24, 2.45) is 18.9 Å². The molecule has 2 aromatic rings. The third-order valence-electron chi connectivity index (χ3n) is 4.87. The fraction of sp³-hybridized carbons (Fsp3) is 0.524. The first kappa shape index (κ1) is 19.4.